The van der Waals surface area contributed by atoms with Crippen LogP contribution in [-0.4, -0.2) is 9.97 Å². The van der Waals surface area contributed by atoms with Crippen LogP contribution in [0, 0.1) is 0 Å². The van der Waals surface area contributed by atoms with E-state index in [4.69, 9.17) is 5.79 Å². The van der Waals surface area contributed by atoms with Gasteiger partial charge in [0.15, 0.2) is 0 Å². The molecule has 126 valence electrons. The molecule has 0 fully saturated rings. The summed E-state index contributed by atoms with van der Waals surface area (Å²) in [4.78, 5) is 8.91. The molecule has 0 bridgehead atoms. The van der Waals surface area contributed by atoms with Gasteiger partial charge in [-0.3, -0.25) is 0 Å². The van der Waals surface area contributed by atoms with Gasteiger partial charge in [0.05, 0.1) is 11.1 Å². The van der Waals surface area contributed by atoms with E-state index in [9.17, 15) is 0 Å². The van der Waals surface area contributed by atoms with Gasteiger partial charge in [-0.2, -0.15) is 0 Å². The van der Waals surface area contributed by atoms with E-state index in [0.29, 0.717) is 5.71 Å². The number of furan rings is 1. The molecule has 3 aromatic carbocycles. The molecule has 5 rings (SSSR count). The Labute approximate surface area is 152 Å². The van der Waals surface area contributed by atoms with Gasteiger partial charge in [-0.1, -0.05) is 68.4 Å². The van der Waals surface area contributed by atoms with Crippen LogP contribution in [0.2, 0.25) is 0 Å². The van der Waals surface area contributed by atoms with Crippen molar-refractivity contribution in [1.29, 1.82) is 0 Å². The summed E-state index contributed by atoms with van der Waals surface area (Å²) in [6.07, 6.45) is 1.55. The fourth-order valence-corrected chi connectivity index (χ4v) is 3.52. The summed E-state index contributed by atoms with van der Waals surface area (Å²) in [7, 11) is 0. The molecule has 2 aromatic heterocycles. The van der Waals surface area contributed by atoms with Crippen molar-refractivity contribution >= 4 is 32.8 Å². The number of rotatable bonds is 2. The quantitative estimate of drug-likeness (QED) is 0.378. The van der Waals surface area contributed by atoms with Crippen molar-refractivity contribution in [3.63, 3.8) is 0 Å². The van der Waals surface area contributed by atoms with Crippen molar-refractivity contribution < 1.29 is 5.79 Å². The van der Waals surface area contributed by atoms with E-state index in [1.54, 1.807) is 6.33 Å². The van der Waals surface area contributed by atoms with Crippen LogP contribution < -0.4 is 0 Å². The smallest absolute Gasteiger partial charge is 0.231 e. The van der Waals surface area contributed by atoms with Gasteiger partial charge in [-0.05, 0) is 22.9 Å². The number of benzene rings is 3. The average molecular weight is 339 g/mol. The summed E-state index contributed by atoms with van der Waals surface area (Å²) >= 11 is 0. The van der Waals surface area contributed by atoms with Crippen molar-refractivity contribution in [1.82, 2.24) is 9.97 Å². The minimum Gasteiger partial charge on any atom is -0.437 e. The molecule has 0 aliphatic rings. The first-order valence-corrected chi connectivity index (χ1v) is 8.68. The van der Waals surface area contributed by atoms with Crippen LogP contribution in [0.15, 0.2) is 71.4 Å². The standard InChI is InChI=1S/C23H18N2O/c1-14(2)15-7-9-17(10-8-15)21-20-19-12-11-16-5-3-4-6-18(16)22(19)26-23(20)25-13-24-21/h3-14H,1-2H3/i14D. The maximum Gasteiger partial charge on any atom is 0.231 e. The van der Waals surface area contributed by atoms with E-state index >= 15 is 0 Å². The largest absolute Gasteiger partial charge is 0.437 e. The van der Waals surface area contributed by atoms with Crippen LogP contribution >= 0.6 is 0 Å². The summed E-state index contributed by atoms with van der Waals surface area (Å²) in [6, 6.07) is 20.4. The molecular formula is C23H18N2O. The predicted molar refractivity (Wildman–Crippen MR) is 106 cm³/mol. The first-order chi connectivity index (χ1) is 13.0. The van der Waals surface area contributed by atoms with Crippen LogP contribution in [0.3, 0.4) is 0 Å². The highest BCUT2D eigenvalue weighted by Crippen LogP contribution is 2.37. The van der Waals surface area contributed by atoms with Crippen LogP contribution in [0.1, 0.15) is 26.7 Å². The van der Waals surface area contributed by atoms with Gasteiger partial charge in [0, 0.05) is 17.7 Å². The molecule has 0 amide bonds. The van der Waals surface area contributed by atoms with E-state index in [1.165, 1.54) is 0 Å². The lowest BCUT2D eigenvalue weighted by Crippen LogP contribution is -1.89. The fourth-order valence-electron chi connectivity index (χ4n) is 3.52. The zero-order valence-corrected chi connectivity index (χ0v) is 14.7. The third kappa shape index (κ3) is 2.21. The molecular weight excluding hydrogens is 320 g/mol. The maximum atomic E-state index is 8.20. The number of fused-ring (bicyclic) bond motifs is 5. The molecule has 3 heteroatoms. The SMILES string of the molecule is [2H]C(C)(C)c1ccc(-c2ncnc3oc4c5ccccc5ccc4c23)cc1. The molecule has 2 heterocycles. The Bertz CT molecular complexity index is 1300. The Morgan fingerprint density at radius 2 is 1.69 bits per heavy atom. The van der Waals surface area contributed by atoms with Gasteiger partial charge in [0.1, 0.15) is 11.9 Å². The highest BCUT2D eigenvalue weighted by atomic mass is 16.3. The topological polar surface area (TPSA) is 38.9 Å². The van der Waals surface area contributed by atoms with E-state index in [0.717, 1.165) is 43.9 Å². The summed E-state index contributed by atoms with van der Waals surface area (Å²) in [5.74, 6) is -0.624. The molecule has 0 atom stereocenters. The van der Waals surface area contributed by atoms with Gasteiger partial charge in [0.2, 0.25) is 5.71 Å². The van der Waals surface area contributed by atoms with Crippen molar-refractivity contribution in [2.45, 2.75) is 19.7 Å². The zero-order valence-electron chi connectivity index (χ0n) is 15.7. The van der Waals surface area contributed by atoms with Crippen molar-refractivity contribution in [3.05, 3.63) is 72.6 Å². The highest BCUT2D eigenvalue weighted by Gasteiger charge is 2.16. The monoisotopic (exact) mass is 339 g/mol. The third-order valence-corrected chi connectivity index (χ3v) is 4.90. The molecule has 0 saturated carbocycles. The first-order valence-electron chi connectivity index (χ1n) is 9.18. The molecule has 3 nitrogen and oxygen atoms in total. The van der Waals surface area contributed by atoms with E-state index in [-0.39, 0.29) is 0 Å². The number of aromatic nitrogens is 2. The maximum absolute atomic E-state index is 8.20. The van der Waals surface area contributed by atoms with Crippen molar-refractivity contribution in [2.24, 2.45) is 0 Å². The van der Waals surface area contributed by atoms with Gasteiger partial charge >= 0.3 is 0 Å². The Balaban J connectivity index is 1.79. The van der Waals surface area contributed by atoms with Crippen LogP contribution in [-0.2, 0) is 0 Å². The van der Waals surface area contributed by atoms with E-state index in [2.05, 4.69) is 34.2 Å². The lowest BCUT2D eigenvalue weighted by molar-refractivity contribution is 0.656. The normalized spacial score (nSPS) is 12.8. The van der Waals surface area contributed by atoms with E-state index in [1.807, 2.05) is 50.2 Å². The minimum atomic E-state index is -0.624. The molecule has 0 aliphatic carbocycles. The molecule has 5 aromatic rings. The second-order valence-electron chi connectivity index (χ2n) is 6.75. The van der Waals surface area contributed by atoms with Crippen LogP contribution in [0.25, 0.3) is 44.1 Å². The second kappa shape index (κ2) is 5.67. The summed E-state index contributed by atoms with van der Waals surface area (Å²) in [6.45, 7) is 3.78. The highest BCUT2D eigenvalue weighted by molar-refractivity contribution is 6.17. The third-order valence-electron chi connectivity index (χ3n) is 4.90. The average Bonchev–Trinajstić information content (AvgIpc) is 3.07. The molecule has 0 radical (unpaired) electrons. The lowest BCUT2D eigenvalue weighted by atomic mass is 9.99. The molecule has 0 aliphatic heterocycles. The molecule has 26 heavy (non-hydrogen) atoms. The molecule has 0 saturated heterocycles. The Kier molecular flexibility index (Phi) is 3.06. The summed E-state index contributed by atoms with van der Waals surface area (Å²) in [5.41, 5.74) is 4.25. The molecule has 0 N–H and O–H groups in total. The summed E-state index contributed by atoms with van der Waals surface area (Å²) in [5, 5.41) is 4.16. The predicted octanol–water partition coefficient (Wildman–Crippen LogP) is 6.32. The minimum absolute atomic E-state index is 0.594. The molecule has 0 spiro atoms. The first kappa shape index (κ1) is 14.0. The lowest BCUT2D eigenvalue weighted by Gasteiger charge is -2.07. The number of hydrogen-bond acceptors (Lipinski definition) is 3. The van der Waals surface area contributed by atoms with Crippen molar-refractivity contribution in [2.75, 3.05) is 0 Å². The second-order valence-corrected chi connectivity index (χ2v) is 6.75. The zero-order chi connectivity index (χ0) is 18.6. The van der Waals surface area contributed by atoms with Gasteiger partial charge < -0.3 is 4.42 Å². The van der Waals surface area contributed by atoms with Crippen molar-refractivity contribution in [3.8, 4) is 11.3 Å². The number of nitrogens with zero attached hydrogens (tertiary/aromatic N) is 2. The van der Waals surface area contributed by atoms with Crippen LogP contribution in [0.5, 0.6) is 0 Å². The van der Waals surface area contributed by atoms with Gasteiger partial charge in [-0.25, -0.2) is 9.97 Å². The van der Waals surface area contributed by atoms with E-state index < -0.39 is 5.89 Å². The fraction of sp³-hybridized carbons (Fsp3) is 0.130. The van der Waals surface area contributed by atoms with Gasteiger partial charge in [0.25, 0.3) is 0 Å². The Morgan fingerprint density at radius 1 is 0.885 bits per heavy atom. The van der Waals surface area contributed by atoms with Gasteiger partial charge in [-0.15, -0.1) is 0 Å². The molecule has 0 unspecified atom stereocenters. The number of hydrogen-bond donors (Lipinski definition) is 0. The van der Waals surface area contributed by atoms with Crippen LogP contribution in [0.4, 0.5) is 0 Å². The summed E-state index contributed by atoms with van der Waals surface area (Å²) < 4.78 is 14.3. The Morgan fingerprint density at radius 3 is 2.50 bits per heavy atom. The Hall–Kier alpha value is -3.20.